The van der Waals surface area contributed by atoms with Crippen molar-refractivity contribution in [3.05, 3.63) is 10.8 Å². The Morgan fingerprint density at radius 3 is 2.94 bits per heavy atom. The van der Waals surface area contributed by atoms with Crippen LogP contribution in [0.15, 0.2) is 6.07 Å². The third-order valence-electron chi connectivity index (χ3n) is 2.50. The minimum Gasteiger partial charge on any atom is -0.481 e. The Hall–Kier alpha value is -1.96. The van der Waals surface area contributed by atoms with Crippen LogP contribution in [0.3, 0.4) is 0 Å². The molecule has 1 aliphatic heterocycles. The first-order valence-electron chi connectivity index (χ1n) is 4.87. The number of H-pyrrole nitrogens is 1. The molecule has 1 amide bonds. The molecule has 7 nitrogen and oxygen atoms in total. The van der Waals surface area contributed by atoms with Crippen molar-refractivity contribution in [2.45, 2.75) is 6.42 Å². The number of hydrogen-bond acceptors (Lipinski definition) is 5. The number of carboxylic acids is 1. The van der Waals surface area contributed by atoms with Crippen molar-refractivity contribution >= 4 is 35.7 Å². The SMILES string of the molecule is Nc1cc(N2CC(C(=O)O)CC2=O)nc(=S)[nH]1. The molecule has 0 bridgehead atoms. The molecular weight excluding hydrogens is 244 g/mol. The Morgan fingerprint density at radius 1 is 1.71 bits per heavy atom. The van der Waals surface area contributed by atoms with E-state index in [1.54, 1.807) is 0 Å². The lowest BCUT2D eigenvalue weighted by molar-refractivity contribution is -0.141. The van der Waals surface area contributed by atoms with E-state index >= 15 is 0 Å². The molecule has 17 heavy (non-hydrogen) atoms. The Balaban J connectivity index is 2.32. The molecule has 4 N–H and O–H groups in total. The summed E-state index contributed by atoms with van der Waals surface area (Å²) in [7, 11) is 0. The molecule has 0 saturated carbocycles. The van der Waals surface area contributed by atoms with Crippen LogP contribution in [0.2, 0.25) is 0 Å². The quantitative estimate of drug-likeness (QED) is 0.648. The van der Waals surface area contributed by atoms with Crippen LogP contribution in [0, 0.1) is 10.7 Å². The van der Waals surface area contributed by atoms with E-state index in [0.717, 1.165) is 0 Å². The van der Waals surface area contributed by atoms with E-state index in [9.17, 15) is 9.59 Å². The number of aliphatic carboxylic acids is 1. The Bertz CT molecular complexity index is 541. The molecule has 90 valence electrons. The monoisotopic (exact) mass is 254 g/mol. The van der Waals surface area contributed by atoms with Gasteiger partial charge in [0.15, 0.2) is 4.77 Å². The first kappa shape index (κ1) is 11.5. The normalized spacial score (nSPS) is 19.6. The molecule has 2 rings (SSSR count). The Labute approximate surface area is 101 Å². The third kappa shape index (κ3) is 2.26. The second-order valence-electron chi connectivity index (χ2n) is 3.74. The van der Waals surface area contributed by atoms with Gasteiger partial charge in [0.1, 0.15) is 11.6 Å². The molecule has 8 heteroatoms. The van der Waals surface area contributed by atoms with Gasteiger partial charge in [-0.3, -0.25) is 14.5 Å². The fourth-order valence-corrected chi connectivity index (χ4v) is 1.91. The molecule has 1 fully saturated rings. The average molecular weight is 254 g/mol. The number of aromatic nitrogens is 2. The largest absolute Gasteiger partial charge is 0.481 e. The number of amides is 1. The van der Waals surface area contributed by atoms with Crippen LogP contribution >= 0.6 is 12.2 Å². The minimum atomic E-state index is -0.991. The van der Waals surface area contributed by atoms with Gasteiger partial charge in [0.05, 0.1) is 5.92 Å². The maximum Gasteiger partial charge on any atom is 0.308 e. The van der Waals surface area contributed by atoms with Gasteiger partial charge in [-0.1, -0.05) is 0 Å². The van der Waals surface area contributed by atoms with E-state index < -0.39 is 11.9 Å². The van der Waals surface area contributed by atoms with E-state index in [1.165, 1.54) is 11.0 Å². The predicted octanol–water partition coefficient (Wildman–Crippen LogP) is 0.159. The van der Waals surface area contributed by atoms with Crippen molar-refractivity contribution in [2.75, 3.05) is 17.2 Å². The predicted molar refractivity (Wildman–Crippen MR) is 61.9 cm³/mol. The van der Waals surface area contributed by atoms with Crippen LogP contribution in [0.4, 0.5) is 11.6 Å². The lowest BCUT2D eigenvalue weighted by Crippen LogP contribution is -2.27. The third-order valence-corrected chi connectivity index (χ3v) is 2.70. The van der Waals surface area contributed by atoms with Crippen LogP contribution in [0.25, 0.3) is 0 Å². The van der Waals surface area contributed by atoms with E-state index in [1.807, 2.05) is 0 Å². The lowest BCUT2D eigenvalue weighted by atomic mass is 10.1. The number of nitrogens with zero attached hydrogens (tertiary/aromatic N) is 2. The summed E-state index contributed by atoms with van der Waals surface area (Å²) in [6.45, 7) is 0.0966. The van der Waals surface area contributed by atoms with E-state index in [0.29, 0.717) is 5.82 Å². The van der Waals surface area contributed by atoms with Gasteiger partial charge in [-0.05, 0) is 12.2 Å². The second-order valence-corrected chi connectivity index (χ2v) is 4.13. The van der Waals surface area contributed by atoms with Crippen LogP contribution in [-0.2, 0) is 9.59 Å². The summed E-state index contributed by atoms with van der Waals surface area (Å²) in [5.74, 6) is -1.41. The van der Waals surface area contributed by atoms with Gasteiger partial charge in [-0.2, -0.15) is 0 Å². The number of nitrogens with one attached hydrogen (secondary N) is 1. The fraction of sp³-hybridized carbons (Fsp3) is 0.333. The van der Waals surface area contributed by atoms with Gasteiger partial charge in [0.2, 0.25) is 5.91 Å². The number of carbonyl (C=O) groups is 2. The molecule has 1 aliphatic rings. The van der Waals surface area contributed by atoms with Gasteiger partial charge >= 0.3 is 5.97 Å². The zero-order valence-electron chi connectivity index (χ0n) is 8.71. The number of carbonyl (C=O) groups excluding carboxylic acids is 1. The van der Waals surface area contributed by atoms with Gasteiger partial charge in [-0.25, -0.2) is 4.98 Å². The molecule has 0 aromatic carbocycles. The summed E-state index contributed by atoms with van der Waals surface area (Å²) in [5.41, 5.74) is 5.55. The molecule has 2 heterocycles. The number of aromatic amines is 1. The maximum atomic E-state index is 11.6. The van der Waals surface area contributed by atoms with E-state index in [2.05, 4.69) is 9.97 Å². The van der Waals surface area contributed by atoms with Crippen molar-refractivity contribution in [3.8, 4) is 0 Å². The molecule has 0 spiro atoms. The molecule has 1 unspecified atom stereocenters. The van der Waals surface area contributed by atoms with Crippen molar-refractivity contribution in [1.29, 1.82) is 0 Å². The van der Waals surface area contributed by atoms with Crippen molar-refractivity contribution in [2.24, 2.45) is 5.92 Å². The van der Waals surface area contributed by atoms with Gasteiger partial charge < -0.3 is 15.8 Å². The minimum absolute atomic E-state index is 0.0255. The first-order chi connectivity index (χ1) is 7.97. The number of nitrogen functional groups attached to an aromatic ring is 1. The zero-order valence-corrected chi connectivity index (χ0v) is 9.53. The molecular formula is C9H10N4O3S. The highest BCUT2D eigenvalue weighted by molar-refractivity contribution is 7.71. The highest BCUT2D eigenvalue weighted by atomic mass is 32.1. The van der Waals surface area contributed by atoms with Crippen LogP contribution in [0.1, 0.15) is 6.42 Å². The smallest absolute Gasteiger partial charge is 0.308 e. The number of nitrogens with two attached hydrogens (primary N) is 1. The summed E-state index contributed by atoms with van der Waals surface area (Å²) in [6.07, 6.45) is -0.0255. The maximum absolute atomic E-state index is 11.6. The summed E-state index contributed by atoms with van der Waals surface area (Å²) >= 11 is 4.84. The highest BCUT2D eigenvalue weighted by Gasteiger charge is 2.35. The fourth-order valence-electron chi connectivity index (χ4n) is 1.70. The molecule has 1 saturated heterocycles. The lowest BCUT2D eigenvalue weighted by Gasteiger charge is -2.14. The second kappa shape index (κ2) is 4.13. The molecule has 0 aliphatic carbocycles. The Morgan fingerprint density at radius 2 is 2.41 bits per heavy atom. The summed E-state index contributed by atoms with van der Waals surface area (Å²) < 4.78 is 0.159. The number of rotatable bonds is 2. The molecule has 1 aromatic rings. The zero-order chi connectivity index (χ0) is 12.6. The number of carboxylic acid groups (broad SMARTS) is 1. The standard InChI is InChI=1S/C9H10N4O3S/c10-5-2-6(12-9(17)11-5)13-3-4(8(15)16)1-7(13)14/h2,4H,1,3H2,(H,15,16)(H3,10,11,12,17). The van der Waals surface area contributed by atoms with Crippen LogP contribution in [-0.4, -0.2) is 33.5 Å². The molecule has 1 aromatic heterocycles. The average Bonchev–Trinajstić information content (AvgIpc) is 2.59. The molecule has 1 atom stereocenters. The number of hydrogen-bond donors (Lipinski definition) is 3. The van der Waals surface area contributed by atoms with E-state index in [-0.39, 0.29) is 29.5 Å². The van der Waals surface area contributed by atoms with Crippen molar-refractivity contribution < 1.29 is 14.7 Å². The first-order valence-corrected chi connectivity index (χ1v) is 5.28. The highest BCUT2D eigenvalue weighted by Crippen LogP contribution is 2.24. The number of anilines is 2. The Kier molecular flexibility index (Phi) is 2.80. The van der Waals surface area contributed by atoms with Gasteiger partial charge in [0, 0.05) is 19.0 Å². The van der Waals surface area contributed by atoms with Crippen LogP contribution < -0.4 is 10.6 Å². The van der Waals surface area contributed by atoms with Crippen molar-refractivity contribution in [3.63, 3.8) is 0 Å². The van der Waals surface area contributed by atoms with Gasteiger partial charge in [-0.15, -0.1) is 0 Å². The van der Waals surface area contributed by atoms with Gasteiger partial charge in [0.25, 0.3) is 0 Å². The summed E-state index contributed by atoms with van der Waals surface area (Å²) in [6, 6.07) is 1.46. The summed E-state index contributed by atoms with van der Waals surface area (Å²) in [5, 5.41) is 8.85. The molecule has 0 radical (unpaired) electrons. The topological polar surface area (TPSA) is 112 Å². The van der Waals surface area contributed by atoms with E-state index in [4.69, 9.17) is 23.1 Å². The van der Waals surface area contributed by atoms with Crippen LogP contribution in [0.5, 0.6) is 0 Å². The van der Waals surface area contributed by atoms with Crippen molar-refractivity contribution in [1.82, 2.24) is 9.97 Å². The summed E-state index contributed by atoms with van der Waals surface area (Å²) in [4.78, 5) is 30.3.